The van der Waals surface area contributed by atoms with Crippen LogP contribution < -0.4 is 9.47 Å². The van der Waals surface area contributed by atoms with Crippen molar-refractivity contribution in [2.24, 2.45) is 0 Å². The Balaban J connectivity index is 1.68. The van der Waals surface area contributed by atoms with Gasteiger partial charge in [-0.15, -0.1) is 11.3 Å². The van der Waals surface area contributed by atoms with Crippen LogP contribution in [0.15, 0.2) is 42.5 Å². The van der Waals surface area contributed by atoms with Gasteiger partial charge < -0.3 is 19.1 Å². The average molecular weight is 414 g/mol. The molecule has 29 heavy (non-hydrogen) atoms. The number of benzene rings is 2. The fraction of sp³-hybridized carbons (Fsp3) is 0.286. The van der Waals surface area contributed by atoms with Crippen molar-refractivity contribution in [2.75, 3.05) is 27.9 Å². The first-order valence-electron chi connectivity index (χ1n) is 8.95. The average Bonchev–Trinajstić information content (AvgIpc) is 3.19. The molecule has 1 atom stereocenters. The maximum atomic E-state index is 12.6. The molecule has 152 valence electrons. The lowest BCUT2D eigenvalue weighted by Crippen LogP contribution is -2.33. The van der Waals surface area contributed by atoms with E-state index in [-0.39, 0.29) is 17.5 Å². The summed E-state index contributed by atoms with van der Waals surface area (Å²) >= 11 is 1.54. The largest absolute Gasteiger partial charge is 0.496 e. The summed E-state index contributed by atoms with van der Waals surface area (Å²) in [5.74, 6) is -0.386. The first-order chi connectivity index (χ1) is 14.0. The summed E-state index contributed by atoms with van der Waals surface area (Å²) in [5.41, 5.74) is 1.04. The molecule has 0 radical (unpaired) electrons. The molecule has 2 aromatic carbocycles. The van der Waals surface area contributed by atoms with Crippen LogP contribution in [0, 0.1) is 0 Å². The molecule has 1 aromatic heterocycles. The second kappa shape index (κ2) is 8.91. The zero-order valence-electron chi connectivity index (χ0n) is 16.7. The van der Waals surface area contributed by atoms with E-state index in [0.717, 1.165) is 15.2 Å². The predicted molar refractivity (Wildman–Crippen MR) is 111 cm³/mol. The Hall–Kier alpha value is -3.13. The number of ether oxygens (including phenoxy) is 3. The Kier molecular flexibility index (Phi) is 6.33. The highest BCUT2D eigenvalue weighted by Crippen LogP contribution is 2.30. The molecule has 0 aliphatic rings. The molecule has 1 heterocycles. The smallest absolute Gasteiger partial charge is 0.346 e. The quantitative estimate of drug-likeness (QED) is 0.549. The number of rotatable bonds is 7. The monoisotopic (exact) mass is 414 g/mol. The number of fused-ring (bicyclic) bond motifs is 1. The van der Waals surface area contributed by atoms with Crippen LogP contribution in [-0.2, 0) is 9.53 Å². The van der Waals surface area contributed by atoms with Crippen molar-refractivity contribution in [3.8, 4) is 11.5 Å². The van der Waals surface area contributed by atoms with Crippen LogP contribution in [0.4, 0.5) is 0 Å². The molecule has 3 aromatic rings. The third kappa shape index (κ3) is 4.32. The van der Waals surface area contributed by atoms with E-state index in [1.165, 1.54) is 30.5 Å². The lowest BCUT2D eigenvalue weighted by Gasteiger charge is -2.23. The number of hydrogen-bond donors (Lipinski definition) is 0. The molecule has 0 N–H and O–H groups in total. The van der Waals surface area contributed by atoms with E-state index < -0.39 is 12.6 Å². The second-order valence-corrected chi connectivity index (χ2v) is 7.38. The van der Waals surface area contributed by atoms with E-state index in [2.05, 4.69) is 4.98 Å². The highest BCUT2D eigenvalue weighted by molar-refractivity contribution is 7.18. The van der Waals surface area contributed by atoms with E-state index in [0.29, 0.717) is 11.5 Å². The Morgan fingerprint density at radius 1 is 1.07 bits per heavy atom. The van der Waals surface area contributed by atoms with E-state index in [1.54, 1.807) is 25.2 Å². The lowest BCUT2D eigenvalue weighted by molar-refractivity contribution is -0.135. The number of para-hydroxylation sites is 1. The number of aromatic nitrogens is 1. The minimum Gasteiger partial charge on any atom is -0.496 e. The van der Waals surface area contributed by atoms with Gasteiger partial charge in [-0.25, -0.2) is 9.78 Å². The normalized spacial score (nSPS) is 11.7. The van der Waals surface area contributed by atoms with Gasteiger partial charge in [-0.1, -0.05) is 18.2 Å². The summed E-state index contributed by atoms with van der Waals surface area (Å²) in [7, 11) is 4.56. The Morgan fingerprint density at radius 3 is 2.34 bits per heavy atom. The molecule has 0 unspecified atom stereocenters. The predicted octanol–water partition coefficient (Wildman–Crippen LogP) is 3.69. The van der Waals surface area contributed by atoms with Gasteiger partial charge in [-0.2, -0.15) is 0 Å². The van der Waals surface area contributed by atoms with E-state index in [4.69, 9.17) is 14.2 Å². The molecule has 0 aliphatic carbocycles. The number of carbonyl (C=O) groups is 2. The zero-order chi connectivity index (χ0) is 21.0. The van der Waals surface area contributed by atoms with Gasteiger partial charge in [0.05, 0.1) is 30.5 Å². The van der Waals surface area contributed by atoms with E-state index in [9.17, 15) is 9.59 Å². The van der Waals surface area contributed by atoms with Gasteiger partial charge in [-0.05, 0) is 31.2 Å². The Morgan fingerprint density at radius 2 is 1.72 bits per heavy atom. The van der Waals surface area contributed by atoms with E-state index >= 15 is 0 Å². The highest BCUT2D eigenvalue weighted by atomic mass is 32.1. The van der Waals surface area contributed by atoms with Gasteiger partial charge in [0.25, 0.3) is 5.91 Å². The molecule has 0 saturated carbocycles. The van der Waals surface area contributed by atoms with Crippen molar-refractivity contribution in [2.45, 2.75) is 13.0 Å². The van der Waals surface area contributed by atoms with Crippen LogP contribution in [0.3, 0.4) is 0 Å². The number of amides is 1. The molecule has 0 aliphatic heterocycles. The molecular formula is C21H22N2O5S. The Bertz CT molecular complexity index is 978. The first kappa shape index (κ1) is 20.6. The number of hydrogen-bond acceptors (Lipinski definition) is 7. The van der Waals surface area contributed by atoms with Crippen molar-refractivity contribution in [1.82, 2.24) is 9.88 Å². The summed E-state index contributed by atoms with van der Waals surface area (Å²) in [4.78, 5) is 31.2. The van der Waals surface area contributed by atoms with Gasteiger partial charge in [0.1, 0.15) is 22.1 Å². The summed E-state index contributed by atoms with van der Waals surface area (Å²) in [6.07, 6.45) is 0. The zero-order valence-corrected chi connectivity index (χ0v) is 17.5. The van der Waals surface area contributed by atoms with Gasteiger partial charge in [0, 0.05) is 7.05 Å². The number of nitrogens with zero attached hydrogens (tertiary/aromatic N) is 2. The SMILES string of the molecule is COc1cccc(OC)c1C(=O)OCC(=O)N(C)[C@H](C)c1nc2ccccc2s1. The Labute approximate surface area is 172 Å². The maximum absolute atomic E-state index is 12.6. The summed E-state index contributed by atoms with van der Waals surface area (Å²) in [6.45, 7) is 1.49. The van der Waals surface area contributed by atoms with Crippen molar-refractivity contribution in [1.29, 1.82) is 0 Å². The van der Waals surface area contributed by atoms with Crippen LogP contribution in [0.5, 0.6) is 11.5 Å². The highest BCUT2D eigenvalue weighted by Gasteiger charge is 2.24. The second-order valence-electron chi connectivity index (χ2n) is 6.31. The fourth-order valence-electron chi connectivity index (χ4n) is 2.80. The van der Waals surface area contributed by atoms with Crippen LogP contribution in [0.2, 0.25) is 0 Å². The van der Waals surface area contributed by atoms with Gasteiger partial charge in [0.15, 0.2) is 6.61 Å². The van der Waals surface area contributed by atoms with Gasteiger partial charge in [0.2, 0.25) is 0 Å². The van der Waals surface area contributed by atoms with Crippen LogP contribution in [0.1, 0.15) is 28.3 Å². The number of likely N-dealkylation sites (N-methyl/N-ethyl adjacent to an activating group) is 1. The number of esters is 1. The minimum absolute atomic E-state index is 0.146. The lowest BCUT2D eigenvalue weighted by atomic mass is 10.2. The van der Waals surface area contributed by atoms with Crippen molar-refractivity contribution < 1.29 is 23.8 Å². The molecule has 1 amide bonds. The number of methoxy groups -OCH3 is 2. The van der Waals surface area contributed by atoms with Gasteiger partial charge in [-0.3, -0.25) is 4.79 Å². The van der Waals surface area contributed by atoms with Crippen molar-refractivity contribution >= 4 is 33.4 Å². The molecule has 0 spiro atoms. The van der Waals surface area contributed by atoms with Crippen LogP contribution in [-0.4, -0.2) is 49.6 Å². The molecule has 7 nitrogen and oxygen atoms in total. The fourth-order valence-corrected chi connectivity index (χ4v) is 3.87. The molecule has 0 bridgehead atoms. The summed E-state index contributed by atoms with van der Waals surface area (Å²) in [5, 5.41) is 0.819. The summed E-state index contributed by atoms with van der Waals surface area (Å²) in [6, 6.07) is 12.5. The molecule has 0 fully saturated rings. The standard InChI is InChI=1S/C21H22N2O5S/c1-13(20-22-14-8-5-6-11-17(14)29-20)23(2)18(24)12-28-21(25)19-15(26-3)9-7-10-16(19)27-4/h5-11,13H,12H2,1-4H3/t13-/m1/s1. The van der Waals surface area contributed by atoms with Gasteiger partial charge >= 0.3 is 5.97 Å². The molecule has 3 rings (SSSR count). The maximum Gasteiger partial charge on any atom is 0.346 e. The third-order valence-corrected chi connectivity index (χ3v) is 5.81. The molecule has 8 heteroatoms. The summed E-state index contributed by atoms with van der Waals surface area (Å²) < 4.78 is 16.7. The topological polar surface area (TPSA) is 78.0 Å². The number of carbonyl (C=O) groups excluding carboxylic acids is 2. The minimum atomic E-state index is -0.686. The third-order valence-electron chi connectivity index (χ3n) is 4.60. The van der Waals surface area contributed by atoms with E-state index in [1.807, 2.05) is 31.2 Å². The van der Waals surface area contributed by atoms with Crippen LogP contribution in [0.25, 0.3) is 10.2 Å². The number of thiazole rings is 1. The first-order valence-corrected chi connectivity index (χ1v) is 9.77. The molecule has 0 saturated heterocycles. The van der Waals surface area contributed by atoms with Crippen molar-refractivity contribution in [3.05, 3.63) is 53.0 Å². The van der Waals surface area contributed by atoms with Crippen molar-refractivity contribution in [3.63, 3.8) is 0 Å². The molecular weight excluding hydrogens is 392 g/mol. The van der Waals surface area contributed by atoms with Crippen LogP contribution >= 0.6 is 11.3 Å².